The van der Waals surface area contributed by atoms with Crippen LogP contribution in [0.4, 0.5) is 5.69 Å². The van der Waals surface area contributed by atoms with Crippen molar-refractivity contribution >= 4 is 23.4 Å². The molecule has 0 radical (unpaired) electrons. The maximum absolute atomic E-state index is 11.9. The van der Waals surface area contributed by atoms with E-state index in [-0.39, 0.29) is 5.91 Å². The van der Waals surface area contributed by atoms with E-state index in [1.165, 1.54) is 32.1 Å². The number of carbonyl (C=O) groups is 1. The van der Waals surface area contributed by atoms with Gasteiger partial charge in [-0.3, -0.25) is 4.79 Å². The lowest BCUT2D eigenvalue weighted by Crippen LogP contribution is -2.18. The van der Waals surface area contributed by atoms with E-state index in [0.29, 0.717) is 12.3 Å². The first-order valence-corrected chi connectivity index (χ1v) is 7.55. The molecule has 0 aromatic heterocycles. The number of thioether (sulfide) groups is 1. The van der Waals surface area contributed by atoms with E-state index >= 15 is 0 Å². The van der Waals surface area contributed by atoms with E-state index in [1.54, 1.807) is 0 Å². The molecule has 19 heavy (non-hydrogen) atoms. The van der Waals surface area contributed by atoms with E-state index in [2.05, 4.69) is 5.32 Å². The van der Waals surface area contributed by atoms with Crippen LogP contribution in [0.1, 0.15) is 38.5 Å². The summed E-state index contributed by atoms with van der Waals surface area (Å²) in [5.74, 6) is 0.662. The Morgan fingerprint density at radius 1 is 1.26 bits per heavy atom. The summed E-state index contributed by atoms with van der Waals surface area (Å²) in [5.41, 5.74) is 0.808. The molecular weight excluding hydrogens is 256 g/mol. The summed E-state index contributed by atoms with van der Waals surface area (Å²) >= 11 is 1.12. The Kier molecular flexibility index (Phi) is 5.29. The summed E-state index contributed by atoms with van der Waals surface area (Å²) in [6.07, 6.45) is 6.84. The largest absolute Gasteiger partial charge is 0.326 e. The molecule has 0 unspecified atom stereocenters. The molecule has 0 bridgehead atoms. The first-order chi connectivity index (χ1) is 9.28. The van der Waals surface area contributed by atoms with Gasteiger partial charge in [-0.25, -0.2) is 0 Å². The number of carbonyl (C=O) groups excluding carboxylic acids is 1. The van der Waals surface area contributed by atoms with Crippen molar-refractivity contribution in [2.24, 2.45) is 5.92 Å². The second-order valence-corrected chi connectivity index (χ2v) is 5.83. The Balaban J connectivity index is 1.82. The van der Waals surface area contributed by atoms with Crippen molar-refractivity contribution in [3.05, 3.63) is 24.3 Å². The summed E-state index contributed by atoms with van der Waals surface area (Å²) in [6, 6.07) is 7.39. The lowest BCUT2D eigenvalue weighted by atomic mass is 9.87. The maximum Gasteiger partial charge on any atom is 0.224 e. The molecule has 0 atom stereocenters. The van der Waals surface area contributed by atoms with E-state index < -0.39 is 0 Å². The van der Waals surface area contributed by atoms with Crippen molar-refractivity contribution in [3.63, 3.8) is 0 Å². The molecule has 1 aliphatic rings. The molecule has 1 amide bonds. The second kappa shape index (κ2) is 7.20. The van der Waals surface area contributed by atoms with Crippen LogP contribution in [0, 0.1) is 16.6 Å². The number of thiocyanates is 1. The molecule has 0 aliphatic heterocycles. The van der Waals surface area contributed by atoms with Gasteiger partial charge in [-0.05, 0) is 54.8 Å². The molecule has 2 rings (SSSR count). The molecule has 0 spiro atoms. The highest BCUT2D eigenvalue weighted by Crippen LogP contribution is 2.26. The normalized spacial score (nSPS) is 15.7. The standard InChI is InChI=1S/C15H18N2OS/c16-11-19-14-8-6-13(7-9-14)17-15(18)10-12-4-2-1-3-5-12/h6-9,12H,1-5,10H2,(H,17,18). The molecule has 3 nitrogen and oxygen atoms in total. The van der Waals surface area contributed by atoms with Gasteiger partial charge in [0.05, 0.1) is 0 Å². The van der Waals surface area contributed by atoms with Crippen LogP contribution >= 0.6 is 11.8 Å². The average molecular weight is 274 g/mol. The highest BCUT2D eigenvalue weighted by Gasteiger charge is 2.16. The maximum atomic E-state index is 11.9. The highest BCUT2D eigenvalue weighted by atomic mass is 32.2. The highest BCUT2D eigenvalue weighted by molar-refractivity contribution is 8.03. The van der Waals surface area contributed by atoms with Gasteiger partial charge < -0.3 is 5.32 Å². The van der Waals surface area contributed by atoms with Gasteiger partial charge in [0.25, 0.3) is 0 Å². The number of hydrogen-bond donors (Lipinski definition) is 1. The fourth-order valence-electron chi connectivity index (χ4n) is 2.52. The smallest absolute Gasteiger partial charge is 0.224 e. The number of anilines is 1. The van der Waals surface area contributed by atoms with Gasteiger partial charge in [-0.2, -0.15) is 5.26 Å². The Morgan fingerprint density at radius 3 is 2.58 bits per heavy atom. The summed E-state index contributed by atoms with van der Waals surface area (Å²) in [7, 11) is 0. The number of nitrogens with zero attached hydrogens (tertiary/aromatic N) is 1. The zero-order valence-corrected chi connectivity index (χ0v) is 11.7. The molecule has 1 aliphatic carbocycles. The van der Waals surface area contributed by atoms with Crippen molar-refractivity contribution in [1.82, 2.24) is 0 Å². The molecule has 1 aromatic carbocycles. The first-order valence-electron chi connectivity index (χ1n) is 6.74. The number of amides is 1. The summed E-state index contributed by atoms with van der Waals surface area (Å²) in [5, 5.41) is 13.5. The van der Waals surface area contributed by atoms with Gasteiger partial charge in [0.15, 0.2) is 0 Å². The van der Waals surface area contributed by atoms with Crippen molar-refractivity contribution < 1.29 is 4.79 Å². The summed E-state index contributed by atoms with van der Waals surface area (Å²) in [6.45, 7) is 0. The van der Waals surface area contributed by atoms with Gasteiger partial charge in [0.1, 0.15) is 5.40 Å². The second-order valence-electron chi connectivity index (χ2n) is 4.97. The van der Waals surface area contributed by atoms with Crippen LogP contribution < -0.4 is 5.32 Å². The van der Waals surface area contributed by atoms with Crippen LogP contribution in [-0.4, -0.2) is 5.91 Å². The van der Waals surface area contributed by atoms with E-state index in [1.807, 2.05) is 29.7 Å². The third-order valence-corrected chi connectivity index (χ3v) is 4.10. The predicted octanol–water partition coefficient (Wildman–Crippen LogP) is 4.17. The number of rotatable bonds is 4. The third-order valence-electron chi connectivity index (χ3n) is 3.50. The van der Waals surface area contributed by atoms with Crippen molar-refractivity contribution in [2.45, 2.75) is 43.4 Å². The molecule has 1 saturated carbocycles. The van der Waals surface area contributed by atoms with Crippen LogP contribution in [0.5, 0.6) is 0 Å². The predicted molar refractivity (Wildman–Crippen MR) is 77.7 cm³/mol. The van der Waals surface area contributed by atoms with Crippen LogP contribution in [0.3, 0.4) is 0 Å². The molecule has 1 aromatic rings. The zero-order chi connectivity index (χ0) is 13.5. The number of nitrogens with one attached hydrogen (secondary N) is 1. The summed E-state index contributed by atoms with van der Waals surface area (Å²) in [4.78, 5) is 12.8. The quantitative estimate of drug-likeness (QED) is 0.662. The zero-order valence-electron chi connectivity index (χ0n) is 10.9. The van der Waals surface area contributed by atoms with Crippen molar-refractivity contribution in [1.29, 1.82) is 5.26 Å². The molecule has 4 heteroatoms. The molecule has 1 N–H and O–H groups in total. The molecule has 1 fully saturated rings. The van der Waals surface area contributed by atoms with Gasteiger partial charge in [-0.15, -0.1) is 0 Å². The van der Waals surface area contributed by atoms with Crippen LogP contribution in [0.25, 0.3) is 0 Å². The van der Waals surface area contributed by atoms with Crippen molar-refractivity contribution in [3.8, 4) is 5.40 Å². The van der Waals surface area contributed by atoms with Crippen molar-refractivity contribution in [2.75, 3.05) is 5.32 Å². The van der Waals surface area contributed by atoms with Crippen LogP contribution in [-0.2, 0) is 4.79 Å². The van der Waals surface area contributed by atoms with Gasteiger partial charge in [0.2, 0.25) is 5.91 Å². The SMILES string of the molecule is N#CSc1ccc(NC(=O)CC2CCCCC2)cc1. The minimum atomic E-state index is 0.104. The van der Waals surface area contributed by atoms with Crippen LogP contribution in [0.15, 0.2) is 29.2 Å². The van der Waals surface area contributed by atoms with E-state index in [0.717, 1.165) is 22.3 Å². The van der Waals surface area contributed by atoms with Gasteiger partial charge >= 0.3 is 0 Å². The lowest BCUT2D eigenvalue weighted by Gasteiger charge is -2.20. The van der Waals surface area contributed by atoms with E-state index in [4.69, 9.17) is 5.26 Å². The Hall–Kier alpha value is -1.47. The Morgan fingerprint density at radius 2 is 1.95 bits per heavy atom. The fraction of sp³-hybridized carbons (Fsp3) is 0.467. The van der Waals surface area contributed by atoms with Gasteiger partial charge in [-0.1, -0.05) is 19.3 Å². The monoisotopic (exact) mass is 274 g/mol. The number of nitriles is 1. The minimum Gasteiger partial charge on any atom is -0.326 e. The van der Waals surface area contributed by atoms with Crippen LogP contribution in [0.2, 0.25) is 0 Å². The topological polar surface area (TPSA) is 52.9 Å². The number of hydrogen-bond acceptors (Lipinski definition) is 3. The molecule has 0 heterocycles. The van der Waals surface area contributed by atoms with Gasteiger partial charge in [0, 0.05) is 17.0 Å². The fourth-order valence-corrected chi connectivity index (χ4v) is 2.90. The summed E-state index contributed by atoms with van der Waals surface area (Å²) < 4.78 is 0. The minimum absolute atomic E-state index is 0.104. The Labute approximate surface area is 118 Å². The molecule has 100 valence electrons. The molecular formula is C15H18N2OS. The average Bonchev–Trinajstić information content (AvgIpc) is 2.42. The molecule has 0 saturated heterocycles. The first kappa shape index (κ1) is 14.0. The lowest BCUT2D eigenvalue weighted by molar-refractivity contribution is -0.117. The third kappa shape index (κ3) is 4.60. The number of benzene rings is 1. The van der Waals surface area contributed by atoms with E-state index in [9.17, 15) is 4.79 Å². The Bertz CT molecular complexity index is 458.